The minimum Gasteiger partial charge on any atom is -0.389 e. The zero-order valence-electron chi connectivity index (χ0n) is 8.47. The van der Waals surface area contributed by atoms with Crippen LogP contribution < -0.4 is 4.90 Å². The topological polar surface area (TPSA) is 67.5 Å². The van der Waals surface area contributed by atoms with E-state index >= 15 is 0 Å². The highest BCUT2D eigenvalue weighted by Crippen LogP contribution is 2.26. The third-order valence-electron chi connectivity index (χ3n) is 2.70. The van der Waals surface area contributed by atoms with Crippen molar-refractivity contribution in [3.63, 3.8) is 0 Å². The number of anilines is 1. The number of halogens is 1. The molecule has 1 aliphatic rings. The number of aliphatic hydroxyl groups is 2. The van der Waals surface area contributed by atoms with Gasteiger partial charge in [0.05, 0.1) is 22.8 Å². The zero-order chi connectivity index (χ0) is 11.7. The molecule has 2 rings (SSSR count). The minimum atomic E-state index is -0.727. The molecule has 2 unspecified atom stereocenters. The molecular formula is C11H11ClN2O2. The molecule has 1 heterocycles. The summed E-state index contributed by atoms with van der Waals surface area (Å²) in [5.41, 5.74) is 1.23. The van der Waals surface area contributed by atoms with Crippen molar-refractivity contribution in [2.75, 3.05) is 18.0 Å². The highest BCUT2D eigenvalue weighted by molar-refractivity contribution is 6.32. The molecule has 16 heavy (non-hydrogen) atoms. The van der Waals surface area contributed by atoms with Gasteiger partial charge in [-0.25, -0.2) is 0 Å². The number of aliphatic hydroxyl groups excluding tert-OH is 2. The molecule has 0 aliphatic carbocycles. The molecule has 84 valence electrons. The van der Waals surface area contributed by atoms with E-state index in [1.807, 2.05) is 11.0 Å². The van der Waals surface area contributed by atoms with E-state index in [9.17, 15) is 10.2 Å². The lowest BCUT2D eigenvalue weighted by Crippen LogP contribution is -2.22. The average molecular weight is 239 g/mol. The van der Waals surface area contributed by atoms with E-state index in [1.54, 1.807) is 18.2 Å². The van der Waals surface area contributed by atoms with Crippen molar-refractivity contribution in [1.29, 1.82) is 5.26 Å². The Kier molecular flexibility index (Phi) is 3.01. The van der Waals surface area contributed by atoms with E-state index in [4.69, 9.17) is 16.9 Å². The van der Waals surface area contributed by atoms with Crippen molar-refractivity contribution in [2.24, 2.45) is 0 Å². The van der Waals surface area contributed by atoms with Gasteiger partial charge in [0.25, 0.3) is 0 Å². The van der Waals surface area contributed by atoms with Gasteiger partial charge in [0, 0.05) is 18.8 Å². The Morgan fingerprint density at radius 2 is 1.94 bits per heavy atom. The monoisotopic (exact) mass is 238 g/mol. The molecule has 1 saturated heterocycles. The van der Waals surface area contributed by atoms with Crippen LogP contribution in [0.2, 0.25) is 5.02 Å². The summed E-state index contributed by atoms with van der Waals surface area (Å²) < 4.78 is 0. The fourth-order valence-corrected chi connectivity index (χ4v) is 1.99. The van der Waals surface area contributed by atoms with Gasteiger partial charge in [-0.3, -0.25) is 0 Å². The van der Waals surface area contributed by atoms with Crippen LogP contribution in [0, 0.1) is 11.3 Å². The second-order valence-corrected chi connectivity index (χ2v) is 4.22. The SMILES string of the molecule is N#Cc1ccc(N2CC(O)C(O)C2)cc1Cl. The molecule has 0 saturated carbocycles. The molecule has 0 bridgehead atoms. The third-order valence-corrected chi connectivity index (χ3v) is 3.01. The van der Waals surface area contributed by atoms with E-state index in [0.29, 0.717) is 23.7 Å². The van der Waals surface area contributed by atoms with Gasteiger partial charge in [-0.15, -0.1) is 0 Å². The zero-order valence-corrected chi connectivity index (χ0v) is 9.22. The molecule has 0 spiro atoms. The largest absolute Gasteiger partial charge is 0.389 e. The number of nitrogens with zero attached hydrogens (tertiary/aromatic N) is 2. The molecule has 0 amide bonds. The Labute approximate surface area is 98.3 Å². The van der Waals surface area contributed by atoms with Crippen LogP contribution in [0.4, 0.5) is 5.69 Å². The smallest absolute Gasteiger partial charge is 0.101 e. The van der Waals surface area contributed by atoms with Crippen LogP contribution in [0.5, 0.6) is 0 Å². The second kappa shape index (κ2) is 4.30. The van der Waals surface area contributed by atoms with Gasteiger partial charge in [0.1, 0.15) is 6.07 Å². The number of nitriles is 1. The standard InChI is InChI=1S/C11H11ClN2O2/c12-9-3-8(2-1-7(9)4-13)14-5-10(15)11(16)6-14/h1-3,10-11,15-16H,5-6H2. The van der Waals surface area contributed by atoms with Crippen molar-refractivity contribution >= 4 is 17.3 Å². The minimum absolute atomic E-state index is 0.378. The first kappa shape index (κ1) is 11.2. The summed E-state index contributed by atoms with van der Waals surface area (Å²) >= 11 is 5.91. The van der Waals surface area contributed by atoms with Crippen molar-refractivity contribution in [3.8, 4) is 6.07 Å². The molecule has 1 aliphatic heterocycles. The van der Waals surface area contributed by atoms with Crippen LogP contribution in [0.3, 0.4) is 0 Å². The number of rotatable bonds is 1. The lowest BCUT2D eigenvalue weighted by molar-refractivity contribution is 0.0572. The third kappa shape index (κ3) is 1.98. The molecule has 1 aromatic rings. The van der Waals surface area contributed by atoms with Gasteiger partial charge >= 0.3 is 0 Å². The number of β-amino-alcohol motifs (C(OH)–C–C–N with tert-alkyl or cyclic N) is 2. The van der Waals surface area contributed by atoms with Crippen LogP contribution in [-0.2, 0) is 0 Å². The Bertz CT molecular complexity index is 434. The van der Waals surface area contributed by atoms with E-state index in [1.165, 1.54) is 0 Å². The molecule has 2 atom stereocenters. The van der Waals surface area contributed by atoms with E-state index in [0.717, 1.165) is 5.69 Å². The Balaban J connectivity index is 2.23. The molecule has 0 aromatic heterocycles. The normalized spacial score (nSPS) is 24.5. The van der Waals surface area contributed by atoms with Crippen molar-refractivity contribution in [2.45, 2.75) is 12.2 Å². The average Bonchev–Trinajstić information content (AvgIpc) is 2.59. The predicted octanol–water partition coefficient (Wildman–Crippen LogP) is 0.753. The predicted molar refractivity (Wildman–Crippen MR) is 60.4 cm³/mol. The van der Waals surface area contributed by atoms with Crippen LogP contribution in [-0.4, -0.2) is 35.5 Å². The van der Waals surface area contributed by atoms with E-state index in [-0.39, 0.29) is 0 Å². The van der Waals surface area contributed by atoms with Gasteiger partial charge in [-0.1, -0.05) is 11.6 Å². The summed E-state index contributed by atoms with van der Waals surface area (Å²) in [6.45, 7) is 0.757. The van der Waals surface area contributed by atoms with Crippen LogP contribution in [0.25, 0.3) is 0 Å². The van der Waals surface area contributed by atoms with Gasteiger partial charge in [0.15, 0.2) is 0 Å². The van der Waals surface area contributed by atoms with E-state index in [2.05, 4.69) is 0 Å². The van der Waals surface area contributed by atoms with Gasteiger partial charge in [-0.05, 0) is 18.2 Å². The van der Waals surface area contributed by atoms with Gasteiger partial charge in [0.2, 0.25) is 0 Å². The first-order valence-corrected chi connectivity index (χ1v) is 5.30. The van der Waals surface area contributed by atoms with Crippen molar-refractivity contribution < 1.29 is 10.2 Å². The molecule has 2 N–H and O–H groups in total. The summed E-state index contributed by atoms with van der Waals surface area (Å²) in [6, 6.07) is 7.05. The lowest BCUT2D eigenvalue weighted by Gasteiger charge is -2.17. The lowest BCUT2D eigenvalue weighted by atomic mass is 10.2. The highest BCUT2D eigenvalue weighted by Gasteiger charge is 2.29. The Hall–Kier alpha value is -1.28. The fraction of sp³-hybridized carbons (Fsp3) is 0.364. The summed E-state index contributed by atoms with van der Waals surface area (Å²) in [7, 11) is 0. The summed E-state index contributed by atoms with van der Waals surface area (Å²) in [5, 5.41) is 28.0. The highest BCUT2D eigenvalue weighted by atomic mass is 35.5. The van der Waals surface area contributed by atoms with Gasteiger partial charge < -0.3 is 15.1 Å². The maximum absolute atomic E-state index is 9.42. The maximum atomic E-state index is 9.42. The molecule has 1 aromatic carbocycles. The first-order chi connectivity index (χ1) is 7.61. The summed E-state index contributed by atoms with van der Waals surface area (Å²) in [5.74, 6) is 0. The fourth-order valence-electron chi connectivity index (χ4n) is 1.77. The van der Waals surface area contributed by atoms with Crippen LogP contribution in [0.1, 0.15) is 5.56 Å². The van der Waals surface area contributed by atoms with E-state index < -0.39 is 12.2 Å². The maximum Gasteiger partial charge on any atom is 0.101 e. The van der Waals surface area contributed by atoms with Crippen molar-refractivity contribution in [3.05, 3.63) is 28.8 Å². The summed E-state index contributed by atoms with van der Waals surface area (Å²) in [6.07, 6.45) is -1.45. The molecule has 5 heteroatoms. The second-order valence-electron chi connectivity index (χ2n) is 3.82. The van der Waals surface area contributed by atoms with Gasteiger partial charge in [-0.2, -0.15) is 5.26 Å². The van der Waals surface area contributed by atoms with Crippen LogP contribution in [0.15, 0.2) is 18.2 Å². The molecule has 4 nitrogen and oxygen atoms in total. The molecular weight excluding hydrogens is 228 g/mol. The number of hydrogen-bond donors (Lipinski definition) is 2. The number of benzene rings is 1. The first-order valence-electron chi connectivity index (χ1n) is 4.92. The Morgan fingerprint density at radius 1 is 1.31 bits per heavy atom. The van der Waals surface area contributed by atoms with Crippen LogP contribution >= 0.6 is 11.6 Å². The summed E-state index contributed by atoms with van der Waals surface area (Å²) in [4.78, 5) is 1.84. The number of hydrogen-bond acceptors (Lipinski definition) is 4. The van der Waals surface area contributed by atoms with Crippen molar-refractivity contribution in [1.82, 2.24) is 0 Å². The Morgan fingerprint density at radius 3 is 2.44 bits per heavy atom. The molecule has 0 radical (unpaired) electrons. The molecule has 1 fully saturated rings. The quantitative estimate of drug-likeness (QED) is 0.758.